The fraction of sp³-hybridized carbons (Fsp3) is 0.238. The monoisotopic (exact) mass is 1920 g/mol. The van der Waals surface area contributed by atoms with Crippen molar-refractivity contribution in [1.29, 1.82) is 0 Å². The van der Waals surface area contributed by atoms with Gasteiger partial charge < -0.3 is 0 Å². The quantitative estimate of drug-likeness (QED) is 0.0673. The molecule has 0 heterocycles. The highest BCUT2D eigenvalue weighted by molar-refractivity contribution is 5.92. The van der Waals surface area contributed by atoms with Crippen molar-refractivity contribution >= 4 is 75.4 Å². The van der Waals surface area contributed by atoms with E-state index in [1.807, 2.05) is 0 Å². The van der Waals surface area contributed by atoms with Crippen molar-refractivity contribution in [2.45, 2.75) is 235 Å². The Kier molecular flexibility index (Phi) is 37.0. The lowest BCUT2D eigenvalue weighted by Gasteiger charge is -2.12. The molecule has 0 atom stereocenters. The number of rotatable bonds is 21. The Labute approximate surface area is 881 Å². The Balaban J connectivity index is 0.000000129. The van der Waals surface area contributed by atoms with Crippen LogP contribution in [0, 0.1) is 96.9 Å². The summed E-state index contributed by atoms with van der Waals surface area (Å²) in [5, 5.41) is 19.2. The maximum Gasteiger partial charge on any atom is -0.00193 e. The van der Waals surface area contributed by atoms with Gasteiger partial charge in [-0.2, -0.15) is 0 Å². The summed E-state index contributed by atoms with van der Waals surface area (Å²) in [5.41, 5.74) is 48.5. The van der Waals surface area contributed by atoms with Gasteiger partial charge in [0.1, 0.15) is 0 Å². The van der Waals surface area contributed by atoms with Crippen LogP contribution in [0.1, 0.15) is 243 Å². The van der Waals surface area contributed by atoms with Crippen LogP contribution in [-0.2, 0) is 89.9 Å². The van der Waals surface area contributed by atoms with E-state index in [4.69, 9.17) is 0 Å². The molecule has 0 spiro atoms. The third-order valence-electron chi connectivity index (χ3n) is 28.7. The lowest BCUT2D eigenvalue weighted by molar-refractivity contribution is 1.14. The summed E-state index contributed by atoms with van der Waals surface area (Å²) in [6, 6.07) is 142. The molecule has 0 bridgehead atoms. The SMILES string of the molecule is CCc1ccc2c(Cc3cc(C)cc(C)c3)cccc2c1.CCc1ccc2cc(Cc3cc(C)cc(C)c3)ccc2c1.CCc1ccc2ccc(Cc3cc(C)cc(C)c3)cc2c1.CCc1ccc2cccc(Cc3cc(C)cc(C)c3)c2c1.CCc1cccc2cc(Cc3cc(C)cc(C)c3)ccc12.CCc1cccc2ccc(Cc3cc(C)cc(C)c3)cc12.CCc1cccc2cccc(Cc3cc(C)cc(C)c3)c12. The van der Waals surface area contributed by atoms with Gasteiger partial charge in [-0.15, -0.1) is 0 Å². The molecule has 0 saturated carbocycles. The van der Waals surface area contributed by atoms with Gasteiger partial charge in [0, 0.05) is 0 Å². The predicted molar refractivity (Wildman–Crippen MR) is 644 cm³/mol. The molecule has 0 saturated heterocycles. The molecule has 0 fully saturated rings. The van der Waals surface area contributed by atoms with Gasteiger partial charge in [0.15, 0.2) is 0 Å². The summed E-state index contributed by atoms with van der Waals surface area (Å²) in [5.74, 6) is 0. The van der Waals surface area contributed by atoms with E-state index in [2.05, 4.69) is 528 Å². The van der Waals surface area contributed by atoms with E-state index in [9.17, 15) is 0 Å². The molecule has 0 N–H and O–H groups in total. The summed E-state index contributed by atoms with van der Waals surface area (Å²) >= 11 is 0. The third kappa shape index (κ3) is 29.9. The number of benzene rings is 21. The first-order valence-corrected chi connectivity index (χ1v) is 54.1. The van der Waals surface area contributed by atoms with Crippen molar-refractivity contribution in [1.82, 2.24) is 0 Å². The fourth-order valence-corrected chi connectivity index (χ4v) is 22.2. The van der Waals surface area contributed by atoms with E-state index in [-0.39, 0.29) is 0 Å². The van der Waals surface area contributed by atoms with Crippen molar-refractivity contribution in [2.24, 2.45) is 0 Å². The molecule has 0 amide bonds. The predicted octanol–water partition coefficient (Wildman–Crippen LogP) is 39.3. The van der Waals surface area contributed by atoms with E-state index >= 15 is 0 Å². The molecule has 21 aromatic carbocycles. The molecule has 0 heteroatoms. The summed E-state index contributed by atoms with van der Waals surface area (Å²) in [4.78, 5) is 0. The zero-order chi connectivity index (χ0) is 104. The highest BCUT2D eigenvalue weighted by atomic mass is 14.2. The second-order valence-electron chi connectivity index (χ2n) is 42.0. The van der Waals surface area contributed by atoms with E-state index in [1.54, 1.807) is 0 Å². The van der Waals surface area contributed by atoms with Gasteiger partial charge in [0.05, 0.1) is 0 Å². The minimum atomic E-state index is 1.01. The topological polar surface area (TPSA) is 0 Å². The Morgan fingerprint density at radius 1 is 0.116 bits per heavy atom. The second-order valence-corrected chi connectivity index (χ2v) is 42.0. The maximum atomic E-state index is 2.37. The van der Waals surface area contributed by atoms with E-state index in [1.165, 1.54) is 270 Å². The van der Waals surface area contributed by atoms with Crippen molar-refractivity contribution in [3.8, 4) is 0 Å². The first-order valence-electron chi connectivity index (χ1n) is 54.1. The number of hydrogen-bond acceptors (Lipinski definition) is 0. The molecule has 0 aliphatic heterocycles. The summed E-state index contributed by atoms with van der Waals surface area (Å²) < 4.78 is 0. The van der Waals surface area contributed by atoms with Crippen LogP contribution >= 0.6 is 0 Å². The van der Waals surface area contributed by atoms with Crippen molar-refractivity contribution in [2.75, 3.05) is 0 Å². The highest BCUT2D eigenvalue weighted by Crippen LogP contribution is 2.34. The van der Waals surface area contributed by atoms with Crippen molar-refractivity contribution in [3.63, 3.8) is 0 Å². The zero-order valence-electron chi connectivity index (χ0n) is 91.8. The smallest absolute Gasteiger partial charge is 0.00193 e. The van der Waals surface area contributed by atoms with Crippen LogP contribution in [0.5, 0.6) is 0 Å². The minimum Gasteiger partial charge on any atom is -0.0614 e. The number of hydrogen-bond donors (Lipinski definition) is 0. The molecule has 0 nitrogen and oxygen atoms in total. The molecule has 0 aliphatic carbocycles. The van der Waals surface area contributed by atoms with Crippen LogP contribution in [-0.4, -0.2) is 0 Å². The molecule has 0 aliphatic rings. The van der Waals surface area contributed by atoms with E-state index < -0.39 is 0 Å². The summed E-state index contributed by atoms with van der Waals surface area (Å²) in [6.07, 6.45) is 14.7. The minimum absolute atomic E-state index is 1.01. The molecule has 742 valence electrons. The van der Waals surface area contributed by atoms with Gasteiger partial charge in [-0.05, 0) is 379 Å². The standard InChI is InChI=1S/7C21H22/c1-4-17-5-7-21-14-18(6-8-20(21)13-17)12-19-10-15(2)9-16(3)11-19;1-4-17-5-7-20-8-6-18(14-21(20)13-17)12-19-10-15(2)9-16(3)11-19;1-4-18-7-5-8-19-9-6-10-20(21(18)19)14-17-12-15(2)11-16(3)13-17;1-4-19-6-5-7-20-14-17(8-9-21(19)20)13-18-11-15(2)10-16(3)12-18;1-4-19-6-5-7-20-9-8-17(14-21(19)20)13-18-11-15(2)10-16(3)12-18;1-4-17-8-9-19-6-5-7-20(21(19)14-17)13-18-11-15(2)10-16(3)12-18;1-4-17-8-9-21-19(13-17)6-5-7-20(21)14-18-11-15(2)10-16(3)12-18/h2*5-11,13-14H,4,12H2,1-3H3;5-13H,4,14H2,1-3H3;3*5-12,14H,4,13H2,1-3H3;5-13H,4,14H2,1-3H3. The molecule has 147 heavy (non-hydrogen) atoms. The molecule has 0 aromatic heterocycles. The van der Waals surface area contributed by atoms with Crippen LogP contribution in [0.25, 0.3) is 75.4 Å². The third-order valence-corrected chi connectivity index (χ3v) is 28.7. The molecular weight excluding hydrogens is 1770 g/mol. The normalized spacial score (nSPS) is 11.0. The van der Waals surface area contributed by atoms with Crippen LogP contribution in [0.2, 0.25) is 0 Å². The van der Waals surface area contributed by atoms with Crippen LogP contribution in [0.3, 0.4) is 0 Å². The van der Waals surface area contributed by atoms with Gasteiger partial charge in [-0.25, -0.2) is 0 Å². The average Bonchev–Trinajstić information content (AvgIpc) is 0.791. The van der Waals surface area contributed by atoms with Crippen molar-refractivity contribution < 1.29 is 0 Å². The van der Waals surface area contributed by atoms with Crippen LogP contribution in [0.15, 0.2) is 382 Å². The number of aryl methyl sites for hydroxylation is 21. The highest BCUT2D eigenvalue weighted by Gasteiger charge is 2.14. The zero-order valence-corrected chi connectivity index (χ0v) is 91.8. The lowest BCUT2D eigenvalue weighted by atomic mass is 9.93. The van der Waals surface area contributed by atoms with Crippen LogP contribution in [0.4, 0.5) is 0 Å². The van der Waals surface area contributed by atoms with Gasteiger partial charge >= 0.3 is 0 Å². The molecule has 21 aromatic rings. The van der Waals surface area contributed by atoms with Gasteiger partial charge in [0.2, 0.25) is 0 Å². The fourth-order valence-electron chi connectivity index (χ4n) is 22.2. The Morgan fingerprint density at radius 3 is 0.687 bits per heavy atom. The first-order chi connectivity index (χ1) is 71.0. The number of fused-ring (bicyclic) bond motifs is 7. The maximum absolute atomic E-state index is 2.37. The van der Waals surface area contributed by atoms with Crippen LogP contribution < -0.4 is 0 Å². The molecular formula is C147H154. The second kappa shape index (κ2) is 51.0. The summed E-state index contributed by atoms with van der Waals surface area (Å²) in [7, 11) is 0. The molecule has 0 radical (unpaired) electrons. The largest absolute Gasteiger partial charge is 0.0614 e. The molecule has 21 rings (SSSR count). The van der Waals surface area contributed by atoms with Gasteiger partial charge in [0.25, 0.3) is 0 Å². The first kappa shape index (κ1) is 107. The van der Waals surface area contributed by atoms with E-state index in [0.29, 0.717) is 0 Å². The van der Waals surface area contributed by atoms with Gasteiger partial charge in [-0.1, -0.05) is 509 Å². The summed E-state index contributed by atoms with van der Waals surface area (Å²) in [6.45, 7) is 45.9. The Morgan fingerprint density at radius 2 is 0.327 bits per heavy atom. The average molecular weight is 1920 g/mol. The van der Waals surface area contributed by atoms with Crippen molar-refractivity contribution in [3.05, 3.63) is 577 Å². The van der Waals surface area contributed by atoms with E-state index in [0.717, 1.165) is 89.9 Å². The Bertz CT molecular complexity index is 7910. The Hall–Kier alpha value is -14.6. The lowest BCUT2D eigenvalue weighted by Crippen LogP contribution is -1.94. The molecule has 0 unspecified atom stereocenters. The van der Waals surface area contributed by atoms with Gasteiger partial charge in [-0.3, -0.25) is 0 Å².